The molecule has 2 aromatic rings. The minimum atomic E-state index is -0.329. The first-order valence-electron chi connectivity index (χ1n) is 11.3. The largest absolute Gasteiger partial charge is 0.461 e. The molecule has 1 aromatic heterocycles. The lowest BCUT2D eigenvalue weighted by molar-refractivity contribution is -0.114. The first kappa shape index (κ1) is 22.2. The average molecular weight is 434 g/mol. The highest BCUT2D eigenvalue weighted by Gasteiger charge is 2.46. The molecule has 1 amide bonds. The number of piperidine rings is 1. The van der Waals surface area contributed by atoms with E-state index >= 15 is 0 Å². The minimum Gasteiger partial charge on any atom is -0.461 e. The zero-order valence-electron chi connectivity index (χ0n) is 18.9. The van der Waals surface area contributed by atoms with Crippen molar-refractivity contribution in [2.75, 3.05) is 31.6 Å². The van der Waals surface area contributed by atoms with E-state index in [0.29, 0.717) is 23.9 Å². The van der Waals surface area contributed by atoms with Crippen molar-refractivity contribution in [3.8, 4) is 11.1 Å². The van der Waals surface area contributed by atoms with Crippen LogP contribution in [0.15, 0.2) is 54.7 Å². The van der Waals surface area contributed by atoms with Crippen LogP contribution in [0.1, 0.15) is 43.5 Å². The van der Waals surface area contributed by atoms with E-state index in [-0.39, 0.29) is 17.3 Å². The van der Waals surface area contributed by atoms with Gasteiger partial charge >= 0.3 is 5.97 Å². The maximum absolute atomic E-state index is 13.2. The van der Waals surface area contributed by atoms with Crippen LogP contribution in [0, 0.1) is 11.3 Å². The fourth-order valence-corrected chi connectivity index (χ4v) is 5.09. The van der Waals surface area contributed by atoms with E-state index < -0.39 is 0 Å². The van der Waals surface area contributed by atoms with E-state index in [9.17, 15) is 9.59 Å². The highest BCUT2D eigenvalue weighted by atomic mass is 16.5. The Balaban J connectivity index is 1.52. The Kier molecular flexibility index (Phi) is 6.42. The van der Waals surface area contributed by atoms with E-state index in [0.717, 1.165) is 43.6 Å². The standard InChI is InChI=1S/C26H31N3O3/c1-4-29-15-21-8-7-13-26(16-29,18(21)2)17-32-25(31)23-10-6-5-9-22(23)20-11-12-24(27-14-20)28-19(3)30/h5-6,9-12,14,21H,2,4,7-8,13,15-17H2,1,3H3,(H,27,28,30)/t21-,26+/m1/s1. The van der Waals surface area contributed by atoms with E-state index in [2.05, 4.69) is 28.7 Å². The summed E-state index contributed by atoms with van der Waals surface area (Å²) in [5.41, 5.74) is 3.17. The Bertz CT molecular complexity index is 1020. The summed E-state index contributed by atoms with van der Waals surface area (Å²) in [6.45, 7) is 11.4. The van der Waals surface area contributed by atoms with Gasteiger partial charge in [0.15, 0.2) is 0 Å². The molecule has 2 aliphatic rings. The Labute approximate surface area is 189 Å². The summed E-state index contributed by atoms with van der Waals surface area (Å²) >= 11 is 0. The van der Waals surface area contributed by atoms with Gasteiger partial charge in [-0.2, -0.15) is 0 Å². The molecular formula is C26H31N3O3. The number of rotatable bonds is 6. The second-order valence-electron chi connectivity index (χ2n) is 8.96. The van der Waals surface area contributed by atoms with Gasteiger partial charge in [0.05, 0.1) is 5.56 Å². The maximum atomic E-state index is 13.2. The summed E-state index contributed by atoms with van der Waals surface area (Å²) in [4.78, 5) is 31.1. The third-order valence-corrected chi connectivity index (χ3v) is 6.84. The number of nitrogens with zero attached hydrogens (tertiary/aromatic N) is 2. The van der Waals surface area contributed by atoms with Crippen molar-refractivity contribution in [1.29, 1.82) is 0 Å². The Morgan fingerprint density at radius 1 is 1.28 bits per heavy atom. The molecule has 2 bridgehead atoms. The van der Waals surface area contributed by atoms with Crippen LogP contribution < -0.4 is 5.32 Å². The summed E-state index contributed by atoms with van der Waals surface area (Å²) in [5.74, 6) is 0.467. The lowest BCUT2D eigenvalue weighted by atomic mass is 9.63. The molecule has 1 aliphatic carbocycles. The number of esters is 1. The van der Waals surface area contributed by atoms with Gasteiger partial charge < -0.3 is 15.0 Å². The second kappa shape index (κ2) is 9.25. The van der Waals surface area contributed by atoms with Gasteiger partial charge in [0, 0.05) is 37.2 Å². The number of aromatic nitrogens is 1. The Morgan fingerprint density at radius 2 is 2.09 bits per heavy atom. The molecule has 0 unspecified atom stereocenters. The number of pyridine rings is 1. The smallest absolute Gasteiger partial charge is 0.338 e. The van der Waals surface area contributed by atoms with Crippen LogP contribution >= 0.6 is 0 Å². The van der Waals surface area contributed by atoms with Crippen molar-refractivity contribution in [2.24, 2.45) is 11.3 Å². The van der Waals surface area contributed by atoms with Crippen LogP contribution in [0.2, 0.25) is 0 Å². The third kappa shape index (κ3) is 4.46. The number of fused-ring (bicyclic) bond motifs is 2. The van der Waals surface area contributed by atoms with Crippen molar-refractivity contribution in [3.05, 3.63) is 60.3 Å². The first-order chi connectivity index (χ1) is 15.4. The van der Waals surface area contributed by atoms with E-state index in [1.54, 1.807) is 18.3 Å². The lowest BCUT2D eigenvalue weighted by Gasteiger charge is -2.51. The van der Waals surface area contributed by atoms with Gasteiger partial charge in [-0.25, -0.2) is 9.78 Å². The number of carbonyl (C=O) groups is 2. The number of anilines is 1. The van der Waals surface area contributed by atoms with Crippen molar-refractivity contribution in [2.45, 2.75) is 33.1 Å². The van der Waals surface area contributed by atoms with Crippen molar-refractivity contribution in [3.63, 3.8) is 0 Å². The molecule has 6 nitrogen and oxygen atoms in total. The van der Waals surface area contributed by atoms with Gasteiger partial charge in [0.1, 0.15) is 12.4 Å². The predicted molar refractivity (Wildman–Crippen MR) is 125 cm³/mol. The van der Waals surface area contributed by atoms with Crippen LogP contribution in [0.5, 0.6) is 0 Å². The number of hydrogen-bond donors (Lipinski definition) is 1. The number of nitrogens with one attached hydrogen (secondary N) is 1. The number of ether oxygens (including phenoxy) is 1. The molecule has 0 radical (unpaired) electrons. The molecule has 6 heteroatoms. The molecule has 0 spiro atoms. The molecule has 1 aromatic carbocycles. The molecule has 1 saturated heterocycles. The van der Waals surface area contributed by atoms with Crippen LogP contribution in [-0.4, -0.2) is 48.0 Å². The highest BCUT2D eigenvalue weighted by molar-refractivity contribution is 5.97. The molecular weight excluding hydrogens is 402 g/mol. The van der Waals surface area contributed by atoms with Gasteiger partial charge in [0.2, 0.25) is 5.91 Å². The van der Waals surface area contributed by atoms with Crippen molar-refractivity contribution >= 4 is 17.7 Å². The molecule has 32 heavy (non-hydrogen) atoms. The molecule has 4 rings (SSSR count). The maximum Gasteiger partial charge on any atom is 0.338 e. The van der Waals surface area contributed by atoms with Gasteiger partial charge in [-0.1, -0.05) is 43.7 Å². The molecule has 2 atom stereocenters. The van der Waals surface area contributed by atoms with Crippen molar-refractivity contribution in [1.82, 2.24) is 9.88 Å². The van der Waals surface area contributed by atoms with Crippen molar-refractivity contribution < 1.29 is 14.3 Å². The number of likely N-dealkylation sites (tertiary alicyclic amines) is 1. The Morgan fingerprint density at radius 3 is 2.81 bits per heavy atom. The molecule has 168 valence electrons. The van der Waals surface area contributed by atoms with Crippen LogP contribution in [0.4, 0.5) is 5.82 Å². The molecule has 2 fully saturated rings. The summed E-state index contributed by atoms with van der Waals surface area (Å²) in [6, 6.07) is 11.0. The Hall–Kier alpha value is -2.99. The van der Waals surface area contributed by atoms with Gasteiger partial charge in [0.25, 0.3) is 0 Å². The lowest BCUT2D eigenvalue weighted by Crippen LogP contribution is -2.53. The summed E-state index contributed by atoms with van der Waals surface area (Å²) in [5, 5.41) is 2.66. The van der Waals surface area contributed by atoms with Crippen LogP contribution in [-0.2, 0) is 9.53 Å². The average Bonchev–Trinajstić information content (AvgIpc) is 2.78. The highest BCUT2D eigenvalue weighted by Crippen LogP contribution is 2.47. The summed E-state index contributed by atoms with van der Waals surface area (Å²) in [7, 11) is 0. The number of amides is 1. The fraction of sp³-hybridized carbons (Fsp3) is 0.423. The number of benzene rings is 1. The summed E-state index contributed by atoms with van der Waals surface area (Å²) in [6.07, 6.45) is 5.00. The second-order valence-corrected chi connectivity index (χ2v) is 8.96. The first-order valence-corrected chi connectivity index (χ1v) is 11.3. The van der Waals surface area contributed by atoms with E-state index in [1.807, 2.05) is 24.3 Å². The third-order valence-electron chi connectivity index (χ3n) is 6.84. The van der Waals surface area contributed by atoms with Crippen LogP contribution in [0.25, 0.3) is 11.1 Å². The zero-order valence-corrected chi connectivity index (χ0v) is 18.9. The predicted octanol–water partition coefficient (Wildman–Crippen LogP) is 4.54. The van der Waals surface area contributed by atoms with Gasteiger partial charge in [-0.05, 0) is 49.1 Å². The quantitative estimate of drug-likeness (QED) is 0.535. The normalized spacial score (nSPS) is 22.9. The summed E-state index contributed by atoms with van der Waals surface area (Å²) < 4.78 is 5.94. The fourth-order valence-electron chi connectivity index (χ4n) is 5.09. The molecule has 1 saturated carbocycles. The molecule has 2 heterocycles. The minimum absolute atomic E-state index is 0.149. The van der Waals surface area contributed by atoms with Crippen LogP contribution in [0.3, 0.4) is 0 Å². The van der Waals surface area contributed by atoms with Gasteiger partial charge in [-0.3, -0.25) is 4.79 Å². The number of carbonyl (C=O) groups excluding carboxylic acids is 2. The molecule has 1 N–H and O–H groups in total. The zero-order chi connectivity index (χ0) is 22.7. The topological polar surface area (TPSA) is 71.5 Å². The molecule has 1 aliphatic heterocycles. The monoisotopic (exact) mass is 433 g/mol. The SMILES string of the molecule is C=C1[C@@H]2CCC[C@@]1(COC(=O)c1ccccc1-c1ccc(NC(C)=O)nc1)CN(CC)C2. The van der Waals surface area contributed by atoms with E-state index in [1.165, 1.54) is 18.9 Å². The van der Waals surface area contributed by atoms with Gasteiger partial charge in [-0.15, -0.1) is 0 Å². The van der Waals surface area contributed by atoms with E-state index in [4.69, 9.17) is 4.74 Å². The number of hydrogen-bond acceptors (Lipinski definition) is 5.